The van der Waals surface area contributed by atoms with Gasteiger partial charge in [-0.25, -0.2) is 0 Å². The summed E-state index contributed by atoms with van der Waals surface area (Å²) in [5.41, 5.74) is 7.37. The molecule has 0 aliphatic carbocycles. The number of primary amides is 1. The molecule has 1 saturated heterocycles. The average molecular weight is 291 g/mol. The minimum atomic E-state index is -0.487. The van der Waals surface area contributed by atoms with Crippen LogP contribution < -0.4 is 15.8 Å². The minimum absolute atomic E-state index is 0.0426. The number of piperazine rings is 1. The summed E-state index contributed by atoms with van der Waals surface area (Å²) in [6.45, 7) is 3.88. The van der Waals surface area contributed by atoms with E-state index in [4.69, 9.17) is 10.5 Å². The van der Waals surface area contributed by atoms with E-state index in [-0.39, 0.29) is 12.3 Å². The number of nitrogens with two attached hydrogens (primary N) is 1. The van der Waals surface area contributed by atoms with Crippen LogP contribution in [0.15, 0.2) is 18.2 Å². The largest absolute Gasteiger partial charge is 0.496 e. The zero-order chi connectivity index (χ0) is 15.4. The standard InChI is InChI=1S/C15H21N3O3/c1-10-7-11(3-4-13(10)21-2)9-18-6-5-17-15(20)12(18)8-14(16)19/h3-4,7,12H,5-6,8-9H2,1-2H3,(H2,16,19)(H,17,20)/t12-/m1/s1. The lowest BCUT2D eigenvalue weighted by atomic mass is 10.1. The Morgan fingerprint density at radius 3 is 2.90 bits per heavy atom. The number of rotatable bonds is 5. The van der Waals surface area contributed by atoms with Gasteiger partial charge in [0.1, 0.15) is 5.75 Å². The van der Waals surface area contributed by atoms with E-state index in [0.717, 1.165) is 16.9 Å². The van der Waals surface area contributed by atoms with Crippen molar-refractivity contribution in [3.8, 4) is 5.75 Å². The highest BCUT2D eigenvalue weighted by Crippen LogP contribution is 2.21. The maximum absolute atomic E-state index is 11.9. The quantitative estimate of drug-likeness (QED) is 0.810. The molecule has 0 saturated carbocycles. The molecule has 0 radical (unpaired) electrons. The molecule has 1 heterocycles. The molecular formula is C15H21N3O3. The summed E-state index contributed by atoms with van der Waals surface area (Å²) in [5, 5.41) is 2.77. The number of nitrogens with zero attached hydrogens (tertiary/aromatic N) is 1. The normalized spacial score (nSPS) is 19.1. The molecule has 0 unspecified atom stereocenters. The lowest BCUT2D eigenvalue weighted by Gasteiger charge is -2.34. The molecule has 1 aromatic carbocycles. The van der Waals surface area contributed by atoms with Crippen molar-refractivity contribution in [2.24, 2.45) is 5.73 Å². The Hall–Kier alpha value is -2.08. The number of hydrogen-bond acceptors (Lipinski definition) is 4. The van der Waals surface area contributed by atoms with Crippen LogP contribution in [0.5, 0.6) is 5.75 Å². The van der Waals surface area contributed by atoms with Crippen LogP contribution in [0.4, 0.5) is 0 Å². The van der Waals surface area contributed by atoms with Gasteiger partial charge >= 0.3 is 0 Å². The first-order valence-corrected chi connectivity index (χ1v) is 6.95. The molecule has 6 heteroatoms. The Kier molecular flexibility index (Phi) is 4.80. The minimum Gasteiger partial charge on any atom is -0.496 e. The number of benzene rings is 1. The van der Waals surface area contributed by atoms with E-state index in [1.165, 1.54) is 0 Å². The average Bonchev–Trinajstić information content (AvgIpc) is 2.42. The first-order chi connectivity index (χ1) is 10.0. The van der Waals surface area contributed by atoms with Gasteiger partial charge in [0, 0.05) is 19.6 Å². The Balaban J connectivity index is 2.13. The number of ether oxygens (including phenoxy) is 1. The highest BCUT2D eigenvalue weighted by atomic mass is 16.5. The third-order valence-electron chi connectivity index (χ3n) is 3.68. The summed E-state index contributed by atoms with van der Waals surface area (Å²) in [6, 6.07) is 5.43. The summed E-state index contributed by atoms with van der Waals surface area (Å²) < 4.78 is 5.24. The van der Waals surface area contributed by atoms with Crippen molar-refractivity contribution in [3.05, 3.63) is 29.3 Å². The third kappa shape index (κ3) is 3.72. The van der Waals surface area contributed by atoms with Gasteiger partial charge in [-0.1, -0.05) is 12.1 Å². The summed E-state index contributed by atoms with van der Waals surface area (Å²) >= 11 is 0. The summed E-state index contributed by atoms with van der Waals surface area (Å²) in [5.74, 6) is 0.238. The predicted molar refractivity (Wildman–Crippen MR) is 78.8 cm³/mol. The van der Waals surface area contributed by atoms with E-state index in [2.05, 4.69) is 5.32 Å². The molecule has 0 spiro atoms. The van der Waals surface area contributed by atoms with Gasteiger partial charge in [-0.2, -0.15) is 0 Å². The van der Waals surface area contributed by atoms with Crippen molar-refractivity contribution < 1.29 is 14.3 Å². The summed E-state index contributed by atoms with van der Waals surface area (Å²) in [4.78, 5) is 25.1. The zero-order valence-electron chi connectivity index (χ0n) is 12.4. The number of methoxy groups -OCH3 is 1. The summed E-state index contributed by atoms with van der Waals surface area (Å²) in [7, 11) is 1.64. The second-order valence-corrected chi connectivity index (χ2v) is 5.25. The molecule has 2 rings (SSSR count). The van der Waals surface area contributed by atoms with Gasteiger partial charge < -0.3 is 15.8 Å². The highest BCUT2D eigenvalue weighted by molar-refractivity contribution is 5.88. The zero-order valence-corrected chi connectivity index (χ0v) is 12.4. The second-order valence-electron chi connectivity index (χ2n) is 5.25. The molecule has 1 aromatic rings. The lowest BCUT2D eigenvalue weighted by molar-refractivity contribution is -0.133. The van der Waals surface area contributed by atoms with Crippen molar-refractivity contribution >= 4 is 11.8 Å². The number of amides is 2. The van der Waals surface area contributed by atoms with Gasteiger partial charge in [-0.05, 0) is 24.1 Å². The highest BCUT2D eigenvalue weighted by Gasteiger charge is 2.30. The number of carbonyl (C=O) groups is 2. The van der Waals surface area contributed by atoms with Gasteiger partial charge in [0.2, 0.25) is 11.8 Å². The lowest BCUT2D eigenvalue weighted by Crippen LogP contribution is -2.55. The van der Waals surface area contributed by atoms with Crippen molar-refractivity contribution in [1.82, 2.24) is 10.2 Å². The number of aryl methyl sites for hydroxylation is 1. The maximum atomic E-state index is 11.9. The Bertz CT molecular complexity index is 545. The van der Waals surface area contributed by atoms with Crippen molar-refractivity contribution in [3.63, 3.8) is 0 Å². The molecule has 0 bridgehead atoms. The van der Waals surface area contributed by atoms with Gasteiger partial charge in [0.15, 0.2) is 0 Å². The SMILES string of the molecule is COc1ccc(CN2CCNC(=O)[C@H]2CC(N)=O)cc1C. The van der Waals surface area contributed by atoms with Gasteiger partial charge in [-0.15, -0.1) is 0 Å². The molecule has 1 atom stereocenters. The fourth-order valence-electron chi connectivity index (χ4n) is 2.64. The van der Waals surface area contributed by atoms with Gasteiger partial charge in [-0.3, -0.25) is 14.5 Å². The van der Waals surface area contributed by atoms with E-state index in [9.17, 15) is 9.59 Å². The van der Waals surface area contributed by atoms with E-state index in [1.54, 1.807) is 7.11 Å². The fourth-order valence-corrected chi connectivity index (χ4v) is 2.64. The predicted octanol–water partition coefficient (Wildman–Crippen LogP) is 0.179. The van der Waals surface area contributed by atoms with Crippen LogP contribution in [0, 0.1) is 6.92 Å². The monoisotopic (exact) mass is 291 g/mol. The molecule has 114 valence electrons. The van der Waals surface area contributed by atoms with Crippen LogP contribution in [0.25, 0.3) is 0 Å². The van der Waals surface area contributed by atoms with Crippen molar-refractivity contribution in [1.29, 1.82) is 0 Å². The fraction of sp³-hybridized carbons (Fsp3) is 0.467. The van der Waals surface area contributed by atoms with E-state index in [0.29, 0.717) is 19.6 Å². The Morgan fingerprint density at radius 1 is 1.52 bits per heavy atom. The molecule has 1 aliphatic rings. The van der Waals surface area contributed by atoms with E-state index < -0.39 is 11.9 Å². The van der Waals surface area contributed by atoms with Crippen LogP contribution in [0.3, 0.4) is 0 Å². The van der Waals surface area contributed by atoms with Crippen molar-refractivity contribution in [2.45, 2.75) is 25.9 Å². The molecule has 0 aromatic heterocycles. The van der Waals surface area contributed by atoms with Crippen molar-refractivity contribution in [2.75, 3.05) is 20.2 Å². The molecule has 2 amide bonds. The summed E-state index contributed by atoms with van der Waals surface area (Å²) in [6.07, 6.45) is 0.0426. The molecular weight excluding hydrogens is 270 g/mol. The van der Waals surface area contributed by atoms with Crippen LogP contribution in [0.1, 0.15) is 17.5 Å². The maximum Gasteiger partial charge on any atom is 0.237 e. The molecule has 3 N–H and O–H groups in total. The number of nitrogens with one attached hydrogen (secondary N) is 1. The molecule has 21 heavy (non-hydrogen) atoms. The molecule has 1 fully saturated rings. The third-order valence-corrected chi connectivity index (χ3v) is 3.68. The Labute approximate surface area is 124 Å². The first-order valence-electron chi connectivity index (χ1n) is 6.95. The molecule has 1 aliphatic heterocycles. The van der Waals surface area contributed by atoms with Gasteiger partial charge in [0.05, 0.1) is 19.6 Å². The van der Waals surface area contributed by atoms with E-state index in [1.807, 2.05) is 30.0 Å². The molecule has 6 nitrogen and oxygen atoms in total. The van der Waals surface area contributed by atoms with Crippen LogP contribution in [-0.2, 0) is 16.1 Å². The Morgan fingerprint density at radius 2 is 2.29 bits per heavy atom. The van der Waals surface area contributed by atoms with Crippen LogP contribution >= 0.6 is 0 Å². The van der Waals surface area contributed by atoms with Crippen LogP contribution in [0.2, 0.25) is 0 Å². The number of carbonyl (C=O) groups excluding carboxylic acids is 2. The topological polar surface area (TPSA) is 84.7 Å². The smallest absolute Gasteiger partial charge is 0.237 e. The van der Waals surface area contributed by atoms with Crippen LogP contribution in [-0.4, -0.2) is 43.0 Å². The van der Waals surface area contributed by atoms with Gasteiger partial charge in [0.25, 0.3) is 0 Å². The first kappa shape index (κ1) is 15.3. The van der Waals surface area contributed by atoms with E-state index >= 15 is 0 Å². The number of hydrogen-bond donors (Lipinski definition) is 2. The second kappa shape index (κ2) is 6.58.